The maximum Gasteiger partial charge on any atom is 0.270 e. The Balaban J connectivity index is 2.18. The second kappa shape index (κ2) is 5.48. The van der Waals surface area contributed by atoms with Crippen LogP contribution in [0.2, 0.25) is 0 Å². The molecule has 1 aromatic carbocycles. The fraction of sp³-hybridized carbons (Fsp3) is 0.500. The third-order valence-electron chi connectivity index (χ3n) is 4.00. The molecule has 0 saturated heterocycles. The highest BCUT2D eigenvalue weighted by Crippen LogP contribution is 2.37. The Morgan fingerprint density at radius 3 is 2.65 bits per heavy atom. The van der Waals surface area contributed by atoms with Crippen LogP contribution in [0.4, 0.5) is 11.4 Å². The number of nitrogens with zero attached hydrogens (tertiary/aromatic N) is 1. The van der Waals surface area contributed by atoms with Crippen molar-refractivity contribution in [2.75, 3.05) is 11.9 Å². The minimum Gasteiger partial charge on any atom is -0.384 e. The lowest BCUT2D eigenvalue weighted by Gasteiger charge is -2.25. The van der Waals surface area contributed by atoms with E-state index in [1.54, 1.807) is 6.07 Å². The number of nitrogens with two attached hydrogens (primary N) is 1. The Morgan fingerprint density at radius 1 is 1.45 bits per heavy atom. The molecule has 0 atom stereocenters. The molecular formula is C14H19N3O3. The van der Waals surface area contributed by atoms with Gasteiger partial charge in [0.1, 0.15) is 0 Å². The van der Waals surface area contributed by atoms with Crippen molar-refractivity contribution < 1.29 is 9.72 Å². The molecule has 0 aliphatic heterocycles. The summed E-state index contributed by atoms with van der Waals surface area (Å²) in [5.41, 5.74) is 6.12. The molecule has 3 N–H and O–H groups in total. The summed E-state index contributed by atoms with van der Waals surface area (Å²) in [5, 5.41) is 14.0. The molecule has 0 unspecified atom stereocenters. The Hall–Kier alpha value is -2.11. The molecule has 6 nitrogen and oxygen atoms in total. The number of primary amides is 1. The molecule has 108 valence electrons. The first-order valence-electron chi connectivity index (χ1n) is 6.73. The molecule has 0 bridgehead atoms. The quantitative estimate of drug-likeness (QED) is 0.638. The maximum absolute atomic E-state index is 11.4. The van der Waals surface area contributed by atoms with Crippen LogP contribution in [0, 0.1) is 15.5 Å². The number of rotatable bonds is 5. The summed E-state index contributed by atoms with van der Waals surface area (Å²) in [4.78, 5) is 21.6. The van der Waals surface area contributed by atoms with Gasteiger partial charge in [0.2, 0.25) is 0 Å². The largest absolute Gasteiger partial charge is 0.384 e. The topological polar surface area (TPSA) is 98.3 Å². The summed E-state index contributed by atoms with van der Waals surface area (Å²) in [6, 6.07) is 4.16. The van der Waals surface area contributed by atoms with Crippen molar-refractivity contribution in [3.8, 4) is 0 Å². The molecule has 20 heavy (non-hydrogen) atoms. The molecule has 1 amide bonds. The number of anilines is 1. The molecule has 1 aromatic rings. The molecule has 6 heteroatoms. The standard InChI is InChI=1S/C14H19N3O3/c1-14(6-2-3-7-14)9-16-12-5-4-10(17(19)20)8-11(12)13(15)18/h4-5,8,16H,2-3,6-7,9H2,1H3,(H2,15,18). The third kappa shape index (κ3) is 3.07. The van der Waals surface area contributed by atoms with Crippen LogP contribution >= 0.6 is 0 Å². The smallest absolute Gasteiger partial charge is 0.270 e. The molecular weight excluding hydrogens is 258 g/mol. The second-order valence-electron chi connectivity index (χ2n) is 5.72. The molecule has 1 fully saturated rings. The van der Waals surface area contributed by atoms with E-state index in [-0.39, 0.29) is 16.7 Å². The van der Waals surface area contributed by atoms with Crippen LogP contribution < -0.4 is 11.1 Å². The van der Waals surface area contributed by atoms with Crippen LogP contribution in [0.3, 0.4) is 0 Å². The summed E-state index contributed by atoms with van der Waals surface area (Å²) < 4.78 is 0. The minimum atomic E-state index is -0.659. The van der Waals surface area contributed by atoms with Crippen LogP contribution in [-0.2, 0) is 0 Å². The van der Waals surface area contributed by atoms with Crippen LogP contribution in [0.1, 0.15) is 43.0 Å². The zero-order chi connectivity index (χ0) is 14.8. The zero-order valence-electron chi connectivity index (χ0n) is 11.5. The average Bonchev–Trinajstić information content (AvgIpc) is 2.83. The number of nitrogens with one attached hydrogen (secondary N) is 1. The van der Waals surface area contributed by atoms with E-state index in [0.29, 0.717) is 5.69 Å². The molecule has 0 aromatic heterocycles. The van der Waals surface area contributed by atoms with Crippen molar-refractivity contribution in [2.45, 2.75) is 32.6 Å². The number of benzene rings is 1. The van der Waals surface area contributed by atoms with Gasteiger partial charge in [0.05, 0.1) is 10.5 Å². The highest BCUT2D eigenvalue weighted by Gasteiger charge is 2.28. The predicted molar refractivity (Wildman–Crippen MR) is 76.7 cm³/mol. The van der Waals surface area contributed by atoms with Crippen molar-refractivity contribution >= 4 is 17.3 Å². The van der Waals surface area contributed by atoms with Gasteiger partial charge >= 0.3 is 0 Å². The molecule has 2 rings (SSSR count). The van der Waals surface area contributed by atoms with Crippen molar-refractivity contribution in [2.24, 2.45) is 11.1 Å². The molecule has 1 aliphatic rings. The fourth-order valence-electron chi connectivity index (χ4n) is 2.72. The minimum absolute atomic E-state index is 0.128. The molecule has 1 aliphatic carbocycles. The van der Waals surface area contributed by atoms with E-state index < -0.39 is 10.8 Å². The highest BCUT2D eigenvalue weighted by molar-refractivity contribution is 5.99. The second-order valence-corrected chi connectivity index (χ2v) is 5.72. The van der Waals surface area contributed by atoms with Gasteiger partial charge in [-0.05, 0) is 24.3 Å². The van der Waals surface area contributed by atoms with Gasteiger partial charge in [0.15, 0.2) is 0 Å². The summed E-state index contributed by atoms with van der Waals surface area (Å²) in [6.45, 7) is 2.95. The molecule has 1 saturated carbocycles. The summed E-state index contributed by atoms with van der Waals surface area (Å²) in [6.07, 6.45) is 4.75. The van der Waals surface area contributed by atoms with Gasteiger partial charge in [-0.1, -0.05) is 19.8 Å². The number of nitro groups is 1. The van der Waals surface area contributed by atoms with E-state index in [1.165, 1.54) is 25.0 Å². The Kier molecular flexibility index (Phi) is 3.92. The number of hydrogen-bond donors (Lipinski definition) is 2. The number of carbonyl (C=O) groups is 1. The average molecular weight is 277 g/mol. The Labute approximate surface area is 117 Å². The SMILES string of the molecule is CC1(CNc2ccc([N+](=O)[O-])cc2C(N)=O)CCCC1. The van der Waals surface area contributed by atoms with Crippen molar-refractivity contribution in [3.63, 3.8) is 0 Å². The first-order chi connectivity index (χ1) is 9.41. The number of carbonyl (C=O) groups excluding carboxylic acids is 1. The predicted octanol–water partition coefficient (Wildman–Crippen LogP) is 2.69. The van der Waals surface area contributed by atoms with E-state index in [1.807, 2.05) is 0 Å². The van der Waals surface area contributed by atoms with Gasteiger partial charge < -0.3 is 11.1 Å². The van der Waals surface area contributed by atoms with Gasteiger partial charge in [-0.2, -0.15) is 0 Å². The first-order valence-corrected chi connectivity index (χ1v) is 6.73. The van der Waals surface area contributed by atoms with Crippen LogP contribution in [0.25, 0.3) is 0 Å². The summed E-state index contributed by atoms with van der Waals surface area (Å²) in [5.74, 6) is -0.659. The number of hydrogen-bond acceptors (Lipinski definition) is 4. The fourth-order valence-corrected chi connectivity index (χ4v) is 2.72. The Bertz CT molecular complexity index is 536. The molecule has 0 spiro atoms. The summed E-state index contributed by atoms with van der Waals surface area (Å²) in [7, 11) is 0. The third-order valence-corrected chi connectivity index (χ3v) is 4.00. The zero-order valence-corrected chi connectivity index (χ0v) is 11.5. The van der Waals surface area contributed by atoms with Gasteiger partial charge in [-0.25, -0.2) is 0 Å². The van der Waals surface area contributed by atoms with E-state index in [9.17, 15) is 14.9 Å². The number of nitro benzene ring substituents is 1. The van der Waals surface area contributed by atoms with Crippen LogP contribution in [-0.4, -0.2) is 17.4 Å². The molecule has 0 heterocycles. The van der Waals surface area contributed by atoms with Gasteiger partial charge in [-0.3, -0.25) is 14.9 Å². The monoisotopic (exact) mass is 277 g/mol. The normalized spacial score (nSPS) is 16.9. The van der Waals surface area contributed by atoms with Crippen LogP contribution in [0.15, 0.2) is 18.2 Å². The number of amides is 1. The number of non-ortho nitro benzene ring substituents is 1. The summed E-state index contributed by atoms with van der Waals surface area (Å²) >= 11 is 0. The van der Waals surface area contributed by atoms with Crippen molar-refractivity contribution in [1.29, 1.82) is 0 Å². The highest BCUT2D eigenvalue weighted by atomic mass is 16.6. The van der Waals surface area contributed by atoms with E-state index >= 15 is 0 Å². The van der Waals surface area contributed by atoms with Gasteiger partial charge in [0, 0.05) is 24.4 Å². The van der Waals surface area contributed by atoms with Gasteiger partial charge in [0.25, 0.3) is 11.6 Å². The van der Waals surface area contributed by atoms with Crippen molar-refractivity contribution in [3.05, 3.63) is 33.9 Å². The molecule has 0 radical (unpaired) electrons. The van der Waals surface area contributed by atoms with Gasteiger partial charge in [-0.15, -0.1) is 0 Å². The lowest BCUT2D eigenvalue weighted by molar-refractivity contribution is -0.384. The lowest BCUT2D eigenvalue weighted by Crippen LogP contribution is -2.24. The van der Waals surface area contributed by atoms with E-state index in [0.717, 1.165) is 19.4 Å². The van der Waals surface area contributed by atoms with Crippen LogP contribution in [0.5, 0.6) is 0 Å². The van der Waals surface area contributed by atoms with E-state index in [2.05, 4.69) is 12.2 Å². The maximum atomic E-state index is 11.4. The van der Waals surface area contributed by atoms with E-state index in [4.69, 9.17) is 5.73 Å². The first kappa shape index (κ1) is 14.3. The Morgan fingerprint density at radius 2 is 2.10 bits per heavy atom. The lowest BCUT2D eigenvalue weighted by atomic mass is 9.89. The van der Waals surface area contributed by atoms with Crippen molar-refractivity contribution in [1.82, 2.24) is 0 Å².